The van der Waals surface area contributed by atoms with Gasteiger partial charge in [0.1, 0.15) is 0 Å². The normalized spacial score (nSPS) is 33.0. The number of amides is 1. The van der Waals surface area contributed by atoms with E-state index in [9.17, 15) is 9.59 Å². The zero-order chi connectivity index (χ0) is 18.2. The molecule has 3 aliphatic heterocycles. The van der Waals surface area contributed by atoms with Crippen molar-refractivity contribution in [2.24, 2.45) is 17.3 Å². The minimum Gasteiger partial charge on any atom is -0.481 e. The fraction of sp³-hybridized carbons (Fsp3) is 0.900. The summed E-state index contributed by atoms with van der Waals surface area (Å²) in [5.41, 5.74) is -0.374. The highest BCUT2D eigenvalue weighted by molar-refractivity contribution is 5.82. The monoisotopic (exact) mass is 350 g/mol. The van der Waals surface area contributed by atoms with Gasteiger partial charge in [-0.25, -0.2) is 0 Å². The Morgan fingerprint density at radius 1 is 1.12 bits per heavy atom. The highest BCUT2D eigenvalue weighted by Gasteiger charge is 2.50. The van der Waals surface area contributed by atoms with E-state index in [1.807, 2.05) is 20.8 Å². The molecule has 1 unspecified atom stereocenters. The molecular formula is C20H34N2O3. The van der Waals surface area contributed by atoms with Crippen LogP contribution in [0.1, 0.15) is 65.7 Å². The second-order valence-electron chi connectivity index (χ2n) is 9.30. The lowest BCUT2D eigenvalue weighted by atomic mass is 9.68. The molecule has 25 heavy (non-hydrogen) atoms. The third kappa shape index (κ3) is 3.86. The zero-order valence-electron chi connectivity index (χ0n) is 16.0. The number of rotatable bonds is 4. The molecule has 0 spiro atoms. The van der Waals surface area contributed by atoms with E-state index in [4.69, 9.17) is 5.11 Å². The number of carbonyl (C=O) groups excluding carboxylic acids is 1. The standard InChI is InChI=1S/C20H34N2O3/c1-20(2,3)19(25)22-13-14-7-5-11-21-12-6-8-15(18(14)21)16(22)9-4-10-17(23)24/h14-16,18H,4-13H2,1-3H3,(H,23,24)/t14-,15-,16?,18+/m1/s1. The van der Waals surface area contributed by atoms with Crippen LogP contribution >= 0.6 is 0 Å². The van der Waals surface area contributed by atoms with E-state index in [-0.39, 0.29) is 23.8 Å². The second kappa shape index (κ2) is 7.26. The Morgan fingerprint density at radius 3 is 2.44 bits per heavy atom. The predicted octanol–water partition coefficient (Wildman–Crippen LogP) is 2.99. The van der Waals surface area contributed by atoms with Crippen LogP contribution in [0, 0.1) is 17.3 Å². The molecule has 0 aliphatic carbocycles. The minimum absolute atomic E-state index is 0.207. The van der Waals surface area contributed by atoms with Gasteiger partial charge in [-0.2, -0.15) is 0 Å². The lowest BCUT2D eigenvalue weighted by Gasteiger charge is -2.58. The van der Waals surface area contributed by atoms with Gasteiger partial charge in [0.05, 0.1) is 0 Å². The third-order valence-corrected chi connectivity index (χ3v) is 6.47. The smallest absolute Gasteiger partial charge is 0.303 e. The van der Waals surface area contributed by atoms with E-state index in [1.54, 1.807) is 0 Å². The van der Waals surface area contributed by atoms with Gasteiger partial charge in [0.25, 0.3) is 0 Å². The van der Waals surface area contributed by atoms with Crippen LogP contribution in [0.2, 0.25) is 0 Å². The summed E-state index contributed by atoms with van der Waals surface area (Å²) in [7, 11) is 0. The molecule has 0 bridgehead atoms. The van der Waals surface area contributed by atoms with Gasteiger partial charge in [0.15, 0.2) is 0 Å². The molecule has 4 atom stereocenters. The second-order valence-corrected chi connectivity index (χ2v) is 9.30. The molecular weight excluding hydrogens is 316 g/mol. The number of carbonyl (C=O) groups is 2. The third-order valence-electron chi connectivity index (χ3n) is 6.47. The molecule has 3 rings (SSSR count). The molecule has 0 radical (unpaired) electrons. The van der Waals surface area contributed by atoms with E-state index >= 15 is 0 Å². The SMILES string of the molecule is CC(C)(C)C(=O)N1C[C@H]2CCCN3CCC[C@H](C1CCCC(=O)O)[C@H]23. The van der Waals surface area contributed by atoms with Crippen molar-refractivity contribution in [1.82, 2.24) is 9.80 Å². The maximum atomic E-state index is 13.2. The number of piperidine rings is 3. The average molecular weight is 351 g/mol. The van der Waals surface area contributed by atoms with Crippen LogP contribution in [0.15, 0.2) is 0 Å². The first-order valence-electron chi connectivity index (χ1n) is 10.1. The van der Waals surface area contributed by atoms with Crippen molar-refractivity contribution in [2.45, 2.75) is 77.8 Å². The quantitative estimate of drug-likeness (QED) is 0.847. The van der Waals surface area contributed by atoms with E-state index in [0.717, 1.165) is 13.0 Å². The molecule has 0 aromatic carbocycles. The highest BCUT2D eigenvalue weighted by Crippen LogP contribution is 2.44. The molecule has 142 valence electrons. The number of carboxylic acids is 1. The number of hydrogen-bond donors (Lipinski definition) is 1. The Balaban J connectivity index is 1.84. The Labute approximate surface area is 151 Å². The van der Waals surface area contributed by atoms with Crippen molar-refractivity contribution in [3.8, 4) is 0 Å². The van der Waals surface area contributed by atoms with Crippen LogP contribution in [0.4, 0.5) is 0 Å². The molecule has 5 nitrogen and oxygen atoms in total. The van der Waals surface area contributed by atoms with E-state index < -0.39 is 5.97 Å². The van der Waals surface area contributed by atoms with Crippen molar-refractivity contribution >= 4 is 11.9 Å². The first-order valence-corrected chi connectivity index (χ1v) is 10.1. The Bertz CT molecular complexity index is 512. The predicted molar refractivity (Wildman–Crippen MR) is 97.3 cm³/mol. The van der Waals surface area contributed by atoms with Crippen molar-refractivity contribution in [1.29, 1.82) is 0 Å². The van der Waals surface area contributed by atoms with Crippen LogP contribution in [0.25, 0.3) is 0 Å². The van der Waals surface area contributed by atoms with Crippen LogP contribution in [0.5, 0.6) is 0 Å². The lowest BCUT2D eigenvalue weighted by molar-refractivity contribution is -0.154. The van der Waals surface area contributed by atoms with Crippen molar-refractivity contribution in [3.05, 3.63) is 0 Å². The average Bonchev–Trinajstić information content (AvgIpc) is 2.55. The summed E-state index contributed by atoms with van der Waals surface area (Å²) >= 11 is 0. The maximum absolute atomic E-state index is 13.2. The van der Waals surface area contributed by atoms with Crippen LogP contribution in [0.3, 0.4) is 0 Å². The largest absolute Gasteiger partial charge is 0.481 e. The van der Waals surface area contributed by atoms with Gasteiger partial charge in [-0.1, -0.05) is 20.8 Å². The highest BCUT2D eigenvalue weighted by atomic mass is 16.4. The van der Waals surface area contributed by atoms with Crippen LogP contribution < -0.4 is 0 Å². The summed E-state index contributed by atoms with van der Waals surface area (Å²) < 4.78 is 0. The molecule has 3 saturated heterocycles. The van der Waals surface area contributed by atoms with Crippen molar-refractivity contribution in [3.63, 3.8) is 0 Å². The first kappa shape index (κ1) is 18.7. The summed E-state index contributed by atoms with van der Waals surface area (Å²) in [4.78, 5) is 29.0. The molecule has 5 heteroatoms. The number of carboxylic acid groups (broad SMARTS) is 1. The van der Waals surface area contributed by atoms with Crippen LogP contribution in [-0.4, -0.2) is 58.5 Å². The Morgan fingerprint density at radius 2 is 1.80 bits per heavy atom. The molecule has 0 aromatic heterocycles. The van der Waals surface area contributed by atoms with E-state index in [0.29, 0.717) is 24.3 Å². The van der Waals surface area contributed by atoms with Gasteiger partial charge >= 0.3 is 5.97 Å². The molecule has 1 N–H and O–H groups in total. The fourth-order valence-corrected chi connectivity index (χ4v) is 5.49. The summed E-state index contributed by atoms with van der Waals surface area (Å²) in [5, 5.41) is 9.02. The summed E-state index contributed by atoms with van der Waals surface area (Å²) in [5.74, 6) is 0.633. The fourth-order valence-electron chi connectivity index (χ4n) is 5.49. The van der Waals surface area contributed by atoms with Crippen molar-refractivity contribution < 1.29 is 14.7 Å². The van der Waals surface area contributed by atoms with E-state index in [1.165, 1.54) is 38.8 Å². The maximum Gasteiger partial charge on any atom is 0.303 e. The first-order chi connectivity index (χ1) is 11.8. The van der Waals surface area contributed by atoms with Gasteiger partial charge in [-0.3, -0.25) is 14.5 Å². The van der Waals surface area contributed by atoms with Gasteiger partial charge in [-0.15, -0.1) is 0 Å². The molecule has 1 amide bonds. The molecule has 3 fully saturated rings. The Kier molecular flexibility index (Phi) is 5.42. The molecule has 3 aliphatic rings. The summed E-state index contributed by atoms with van der Waals surface area (Å²) in [6.07, 6.45) is 6.57. The van der Waals surface area contributed by atoms with E-state index in [2.05, 4.69) is 9.80 Å². The summed E-state index contributed by atoms with van der Waals surface area (Å²) in [6.45, 7) is 9.28. The number of nitrogens with zero attached hydrogens (tertiary/aromatic N) is 2. The molecule has 3 heterocycles. The topological polar surface area (TPSA) is 60.9 Å². The van der Waals surface area contributed by atoms with Gasteiger partial charge < -0.3 is 10.0 Å². The van der Waals surface area contributed by atoms with Crippen LogP contribution in [-0.2, 0) is 9.59 Å². The number of hydrogen-bond acceptors (Lipinski definition) is 3. The Hall–Kier alpha value is -1.10. The molecule has 0 aromatic rings. The number of likely N-dealkylation sites (tertiary alicyclic amines) is 1. The van der Waals surface area contributed by atoms with Crippen molar-refractivity contribution in [2.75, 3.05) is 19.6 Å². The number of aliphatic carboxylic acids is 1. The van der Waals surface area contributed by atoms with Gasteiger partial charge in [0, 0.05) is 30.5 Å². The van der Waals surface area contributed by atoms with Gasteiger partial charge in [-0.05, 0) is 63.5 Å². The lowest BCUT2D eigenvalue weighted by Crippen LogP contribution is -2.66. The van der Waals surface area contributed by atoms with Gasteiger partial charge in [0.2, 0.25) is 5.91 Å². The zero-order valence-corrected chi connectivity index (χ0v) is 16.0. The summed E-state index contributed by atoms with van der Waals surface area (Å²) in [6, 6.07) is 0.828. The molecule has 0 saturated carbocycles. The minimum atomic E-state index is -0.731.